The Morgan fingerprint density at radius 3 is 2.72 bits per heavy atom. The molecule has 144 valence electrons. The topological polar surface area (TPSA) is 105 Å². The number of benzene rings is 1. The van der Waals surface area contributed by atoms with Gasteiger partial charge in [0.1, 0.15) is 0 Å². The Bertz CT molecular complexity index is 1220. The van der Waals surface area contributed by atoms with E-state index in [2.05, 4.69) is 20.2 Å². The minimum Gasteiger partial charge on any atom is -0.454 e. The molecule has 29 heavy (non-hydrogen) atoms. The molecule has 0 spiro atoms. The van der Waals surface area contributed by atoms with Gasteiger partial charge in [0, 0.05) is 36.0 Å². The second kappa shape index (κ2) is 7.19. The number of ether oxygens (including phenoxy) is 2. The van der Waals surface area contributed by atoms with E-state index in [1.807, 2.05) is 18.2 Å². The summed E-state index contributed by atoms with van der Waals surface area (Å²) in [7, 11) is 0. The van der Waals surface area contributed by atoms with Gasteiger partial charge in [-0.1, -0.05) is 5.16 Å². The molecule has 0 aliphatic carbocycles. The third-order valence-corrected chi connectivity index (χ3v) is 4.48. The largest absolute Gasteiger partial charge is 0.454 e. The van der Waals surface area contributed by atoms with Gasteiger partial charge in [-0.15, -0.1) is 0 Å². The van der Waals surface area contributed by atoms with Crippen LogP contribution < -0.4 is 15.0 Å². The zero-order valence-corrected chi connectivity index (χ0v) is 15.2. The molecule has 4 aromatic rings. The van der Waals surface area contributed by atoms with Crippen molar-refractivity contribution in [3.63, 3.8) is 0 Å². The number of aryl methyl sites for hydroxylation is 2. The van der Waals surface area contributed by atoms with E-state index in [0.717, 1.165) is 11.1 Å². The molecule has 9 nitrogen and oxygen atoms in total. The highest BCUT2D eigenvalue weighted by molar-refractivity contribution is 5.63. The van der Waals surface area contributed by atoms with Crippen molar-refractivity contribution in [1.82, 2.24) is 24.9 Å². The zero-order chi connectivity index (χ0) is 19.6. The standard InChI is InChI=1S/C20H15N5O4/c26-19-4-2-15(14-1-3-16-17(11-14)28-12-27-16)23-25(19)10-7-18-22-20(24-29-18)13-5-8-21-9-6-13/h1-6,8-9,11H,7,10,12H2. The van der Waals surface area contributed by atoms with Gasteiger partial charge in [0.25, 0.3) is 5.56 Å². The van der Waals surface area contributed by atoms with Crippen LogP contribution in [0.3, 0.4) is 0 Å². The van der Waals surface area contributed by atoms with Crippen LogP contribution in [0, 0.1) is 0 Å². The fourth-order valence-corrected chi connectivity index (χ4v) is 3.00. The molecule has 0 atom stereocenters. The van der Waals surface area contributed by atoms with Crippen LogP contribution in [0.4, 0.5) is 0 Å². The molecule has 0 unspecified atom stereocenters. The average Bonchev–Trinajstić information content (AvgIpc) is 3.43. The van der Waals surface area contributed by atoms with Crippen LogP contribution >= 0.6 is 0 Å². The fourth-order valence-electron chi connectivity index (χ4n) is 3.00. The Hall–Kier alpha value is -4.01. The quantitative estimate of drug-likeness (QED) is 0.512. The molecule has 9 heteroatoms. The number of fused-ring (bicyclic) bond motifs is 1. The zero-order valence-electron chi connectivity index (χ0n) is 15.2. The van der Waals surface area contributed by atoms with Gasteiger partial charge in [-0.05, 0) is 36.4 Å². The Labute approximate surface area is 164 Å². The van der Waals surface area contributed by atoms with E-state index < -0.39 is 0 Å². The van der Waals surface area contributed by atoms with Crippen molar-refractivity contribution in [2.24, 2.45) is 0 Å². The highest BCUT2D eigenvalue weighted by atomic mass is 16.7. The molecule has 0 amide bonds. The first-order valence-electron chi connectivity index (χ1n) is 8.97. The van der Waals surface area contributed by atoms with Crippen molar-refractivity contribution in [3.8, 4) is 34.1 Å². The Morgan fingerprint density at radius 1 is 0.966 bits per heavy atom. The van der Waals surface area contributed by atoms with E-state index in [0.29, 0.717) is 41.9 Å². The second-order valence-electron chi connectivity index (χ2n) is 6.35. The first kappa shape index (κ1) is 17.1. The maximum absolute atomic E-state index is 12.2. The van der Waals surface area contributed by atoms with Crippen LogP contribution in [-0.2, 0) is 13.0 Å². The lowest BCUT2D eigenvalue weighted by Crippen LogP contribution is -2.23. The summed E-state index contributed by atoms with van der Waals surface area (Å²) in [6, 6.07) is 12.3. The molecule has 1 aliphatic heterocycles. The van der Waals surface area contributed by atoms with Gasteiger partial charge >= 0.3 is 0 Å². The molecule has 0 saturated heterocycles. The molecule has 0 saturated carbocycles. The van der Waals surface area contributed by atoms with Gasteiger partial charge in [-0.25, -0.2) is 4.68 Å². The fraction of sp³-hybridized carbons (Fsp3) is 0.150. The minimum absolute atomic E-state index is 0.205. The molecule has 3 aromatic heterocycles. The van der Waals surface area contributed by atoms with E-state index in [1.54, 1.807) is 30.6 Å². The monoisotopic (exact) mass is 389 g/mol. The average molecular weight is 389 g/mol. The number of hydrogen-bond donors (Lipinski definition) is 0. The summed E-state index contributed by atoms with van der Waals surface area (Å²) in [5.41, 5.74) is 2.10. The van der Waals surface area contributed by atoms with E-state index in [9.17, 15) is 4.79 Å². The van der Waals surface area contributed by atoms with E-state index in [4.69, 9.17) is 14.0 Å². The van der Waals surface area contributed by atoms with Crippen molar-refractivity contribution < 1.29 is 14.0 Å². The summed E-state index contributed by atoms with van der Waals surface area (Å²) in [5, 5.41) is 8.43. The maximum Gasteiger partial charge on any atom is 0.266 e. The lowest BCUT2D eigenvalue weighted by Gasteiger charge is -2.06. The van der Waals surface area contributed by atoms with Crippen molar-refractivity contribution >= 4 is 0 Å². The molecule has 0 radical (unpaired) electrons. The van der Waals surface area contributed by atoms with Crippen LogP contribution in [0.25, 0.3) is 22.6 Å². The van der Waals surface area contributed by atoms with Crippen molar-refractivity contribution in [3.05, 3.63) is 71.1 Å². The normalized spacial score (nSPS) is 12.3. The smallest absolute Gasteiger partial charge is 0.266 e. The lowest BCUT2D eigenvalue weighted by molar-refractivity contribution is 0.174. The molecule has 1 aromatic carbocycles. The number of hydrogen-bond acceptors (Lipinski definition) is 8. The third-order valence-electron chi connectivity index (χ3n) is 4.48. The van der Waals surface area contributed by atoms with Gasteiger partial charge in [0.05, 0.1) is 12.2 Å². The lowest BCUT2D eigenvalue weighted by atomic mass is 10.1. The van der Waals surface area contributed by atoms with Gasteiger partial charge < -0.3 is 14.0 Å². The van der Waals surface area contributed by atoms with Crippen LogP contribution in [0.2, 0.25) is 0 Å². The van der Waals surface area contributed by atoms with Gasteiger partial charge in [0.2, 0.25) is 18.5 Å². The molecule has 5 rings (SSSR count). The van der Waals surface area contributed by atoms with Crippen molar-refractivity contribution in [2.75, 3.05) is 6.79 Å². The second-order valence-corrected chi connectivity index (χ2v) is 6.35. The minimum atomic E-state index is -0.205. The van der Waals surface area contributed by atoms with Gasteiger partial charge in [-0.3, -0.25) is 9.78 Å². The van der Waals surface area contributed by atoms with E-state index in [-0.39, 0.29) is 12.4 Å². The molecule has 0 fully saturated rings. The summed E-state index contributed by atoms with van der Waals surface area (Å²) >= 11 is 0. The first-order valence-corrected chi connectivity index (χ1v) is 8.97. The van der Waals surface area contributed by atoms with E-state index >= 15 is 0 Å². The van der Waals surface area contributed by atoms with Crippen LogP contribution in [0.1, 0.15) is 5.89 Å². The van der Waals surface area contributed by atoms with Crippen molar-refractivity contribution in [2.45, 2.75) is 13.0 Å². The molecule has 1 aliphatic rings. The molecular formula is C20H15N5O4. The maximum atomic E-state index is 12.2. The highest BCUT2D eigenvalue weighted by Crippen LogP contribution is 2.35. The predicted molar refractivity (Wildman–Crippen MR) is 101 cm³/mol. The van der Waals surface area contributed by atoms with Crippen LogP contribution in [-0.4, -0.2) is 31.7 Å². The molecule has 0 bridgehead atoms. The number of nitrogens with zero attached hydrogens (tertiary/aromatic N) is 5. The van der Waals surface area contributed by atoms with E-state index in [1.165, 1.54) is 10.7 Å². The molecule has 0 N–H and O–H groups in total. The van der Waals surface area contributed by atoms with Gasteiger partial charge in [-0.2, -0.15) is 10.1 Å². The predicted octanol–water partition coefficient (Wildman–Crippen LogP) is 2.33. The summed E-state index contributed by atoms with van der Waals surface area (Å²) < 4.78 is 17.4. The number of rotatable bonds is 5. The summed E-state index contributed by atoms with van der Waals surface area (Å²) in [4.78, 5) is 20.6. The number of pyridine rings is 1. The summed E-state index contributed by atoms with van der Waals surface area (Å²) in [5.74, 6) is 2.27. The Balaban J connectivity index is 1.35. The van der Waals surface area contributed by atoms with Gasteiger partial charge in [0.15, 0.2) is 11.5 Å². The third kappa shape index (κ3) is 3.45. The van der Waals surface area contributed by atoms with Crippen LogP contribution in [0.5, 0.6) is 11.5 Å². The summed E-state index contributed by atoms with van der Waals surface area (Å²) in [6.45, 7) is 0.520. The number of aromatic nitrogens is 5. The van der Waals surface area contributed by atoms with Crippen molar-refractivity contribution in [1.29, 1.82) is 0 Å². The van der Waals surface area contributed by atoms with Crippen LogP contribution in [0.15, 0.2) is 64.2 Å². The Kier molecular flexibility index (Phi) is 4.24. The molecular weight excluding hydrogens is 374 g/mol. The Morgan fingerprint density at radius 2 is 1.83 bits per heavy atom. The SMILES string of the molecule is O=c1ccc(-c2ccc3c(c2)OCO3)nn1CCc1nc(-c2ccncc2)no1. The molecule has 4 heterocycles. The first-order chi connectivity index (χ1) is 14.3. The highest BCUT2D eigenvalue weighted by Gasteiger charge is 2.15. The summed E-state index contributed by atoms with van der Waals surface area (Å²) in [6.07, 6.45) is 3.71.